The molecule has 0 bridgehead atoms. The van der Waals surface area contributed by atoms with Gasteiger partial charge in [0.15, 0.2) is 0 Å². The number of rotatable bonds is 5. The topological polar surface area (TPSA) is 58.6 Å². The molecule has 0 unspecified atom stereocenters. The molecule has 5 heteroatoms. The number of imide groups is 1. The fraction of sp³-hybridized carbons (Fsp3) is 0.182. The third-order valence-corrected chi connectivity index (χ3v) is 4.90. The molecule has 1 N–H and O–H groups in total. The molecule has 5 nitrogen and oxygen atoms in total. The van der Waals surface area contributed by atoms with Gasteiger partial charge in [0.2, 0.25) is 5.91 Å². The minimum Gasteiger partial charge on any atom is -0.497 e. The van der Waals surface area contributed by atoms with Crippen LogP contribution in [-0.2, 0) is 16.1 Å². The smallest absolute Gasteiger partial charge is 0.251 e. The third-order valence-electron chi connectivity index (χ3n) is 4.90. The molecule has 4 rings (SSSR count). The van der Waals surface area contributed by atoms with Crippen molar-refractivity contribution in [2.75, 3.05) is 12.0 Å². The van der Waals surface area contributed by atoms with Crippen LogP contribution in [0, 0.1) is 0 Å². The number of fused-ring (bicyclic) bond motifs is 1. The second kappa shape index (κ2) is 7.21. The summed E-state index contributed by atoms with van der Waals surface area (Å²) in [6, 6.07) is 20.7. The highest BCUT2D eigenvalue weighted by Gasteiger charge is 2.39. The summed E-state index contributed by atoms with van der Waals surface area (Å²) in [5, 5.41) is 5.56. The Morgan fingerprint density at radius 2 is 1.74 bits per heavy atom. The molecule has 136 valence electrons. The standard InChI is InChI=1S/C22H20N2O3/c1-27-18-11-9-17(10-12-18)24-21(25)13-20(22(24)26)23-14-16-7-4-6-15-5-2-3-8-19(15)16/h2-12,20,23H,13-14H2,1H3/t20-/m0/s1. The first-order valence-corrected chi connectivity index (χ1v) is 8.88. The van der Waals surface area contributed by atoms with Crippen molar-refractivity contribution in [2.24, 2.45) is 0 Å². The Morgan fingerprint density at radius 3 is 2.52 bits per heavy atom. The summed E-state index contributed by atoms with van der Waals surface area (Å²) in [5.74, 6) is 0.273. The van der Waals surface area contributed by atoms with Crippen molar-refractivity contribution in [3.8, 4) is 5.75 Å². The number of methoxy groups -OCH3 is 1. The zero-order chi connectivity index (χ0) is 18.8. The van der Waals surface area contributed by atoms with Crippen molar-refractivity contribution in [3.63, 3.8) is 0 Å². The van der Waals surface area contributed by atoms with Gasteiger partial charge in [-0.3, -0.25) is 9.59 Å². The second-order valence-electron chi connectivity index (χ2n) is 6.54. The Kier molecular flexibility index (Phi) is 4.60. The van der Waals surface area contributed by atoms with Crippen LogP contribution in [0.15, 0.2) is 66.7 Å². The maximum Gasteiger partial charge on any atom is 0.251 e. The Bertz CT molecular complexity index is 993. The van der Waals surface area contributed by atoms with Crippen LogP contribution in [0.5, 0.6) is 5.75 Å². The molecule has 0 spiro atoms. The van der Waals surface area contributed by atoms with Crippen LogP contribution in [0.2, 0.25) is 0 Å². The second-order valence-corrected chi connectivity index (χ2v) is 6.54. The predicted octanol–water partition coefficient (Wildman–Crippen LogP) is 3.27. The zero-order valence-corrected chi connectivity index (χ0v) is 15.0. The molecule has 3 aromatic carbocycles. The Morgan fingerprint density at radius 1 is 1.00 bits per heavy atom. The summed E-state index contributed by atoms with van der Waals surface area (Å²) in [6.07, 6.45) is 0.162. The fourth-order valence-corrected chi connectivity index (χ4v) is 3.47. The molecular formula is C22H20N2O3. The lowest BCUT2D eigenvalue weighted by molar-refractivity contribution is -0.121. The van der Waals surface area contributed by atoms with Crippen LogP contribution in [0.25, 0.3) is 10.8 Å². The van der Waals surface area contributed by atoms with E-state index in [0.29, 0.717) is 18.0 Å². The average Bonchev–Trinajstić information content (AvgIpc) is 2.99. The van der Waals surface area contributed by atoms with Gasteiger partial charge >= 0.3 is 0 Å². The van der Waals surface area contributed by atoms with Gasteiger partial charge in [-0.2, -0.15) is 0 Å². The molecule has 0 aliphatic carbocycles. The van der Waals surface area contributed by atoms with Crippen molar-refractivity contribution in [1.82, 2.24) is 5.32 Å². The number of nitrogens with one attached hydrogen (secondary N) is 1. The van der Waals surface area contributed by atoms with Crippen LogP contribution < -0.4 is 15.0 Å². The van der Waals surface area contributed by atoms with E-state index in [0.717, 1.165) is 16.3 Å². The fourth-order valence-electron chi connectivity index (χ4n) is 3.47. The quantitative estimate of drug-likeness (QED) is 0.710. The summed E-state index contributed by atoms with van der Waals surface area (Å²) in [4.78, 5) is 26.4. The van der Waals surface area contributed by atoms with Gasteiger partial charge in [0.05, 0.1) is 25.3 Å². The number of nitrogens with zero attached hydrogens (tertiary/aromatic N) is 1. The number of benzene rings is 3. The van der Waals surface area contributed by atoms with Crippen molar-refractivity contribution < 1.29 is 14.3 Å². The average molecular weight is 360 g/mol. The summed E-state index contributed by atoms with van der Waals surface area (Å²) in [5.41, 5.74) is 1.68. The van der Waals surface area contributed by atoms with E-state index in [1.165, 1.54) is 4.90 Å². The molecule has 0 saturated carbocycles. The monoisotopic (exact) mass is 360 g/mol. The Labute approximate surface area is 157 Å². The molecule has 1 aliphatic heterocycles. The van der Waals surface area contributed by atoms with Gasteiger partial charge in [-0.25, -0.2) is 4.90 Å². The summed E-state index contributed by atoms with van der Waals surface area (Å²) < 4.78 is 5.13. The minimum atomic E-state index is -0.515. The number of carbonyl (C=O) groups is 2. The number of hydrogen-bond acceptors (Lipinski definition) is 4. The zero-order valence-electron chi connectivity index (χ0n) is 15.0. The molecule has 0 aromatic heterocycles. The molecule has 1 heterocycles. The molecule has 1 saturated heterocycles. The largest absolute Gasteiger partial charge is 0.497 e. The van der Waals surface area contributed by atoms with E-state index in [1.54, 1.807) is 31.4 Å². The molecular weight excluding hydrogens is 340 g/mol. The van der Waals surface area contributed by atoms with E-state index in [-0.39, 0.29) is 18.2 Å². The minimum absolute atomic E-state index is 0.162. The molecule has 2 amide bonds. The number of ether oxygens (including phenoxy) is 1. The molecule has 1 atom stereocenters. The van der Waals surface area contributed by atoms with E-state index >= 15 is 0 Å². The van der Waals surface area contributed by atoms with Crippen LogP contribution in [0.1, 0.15) is 12.0 Å². The highest BCUT2D eigenvalue weighted by Crippen LogP contribution is 2.26. The first kappa shape index (κ1) is 17.2. The predicted molar refractivity (Wildman–Crippen MR) is 105 cm³/mol. The summed E-state index contributed by atoms with van der Waals surface area (Å²) >= 11 is 0. The molecule has 27 heavy (non-hydrogen) atoms. The van der Waals surface area contributed by atoms with Crippen molar-refractivity contribution >= 4 is 28.3 Å². The summed E-state index contributed by atoms with van der Waals surface area (Å²) in [6.45, 7) is 0.529. The van der Waals surface area contributed by atoms with Crippen LogP contribution in [0.3, 0.4) is 0 Å². The maximum atomic E-state index is 12.8. The SMILES string of the molecule is COc1ccc(N2C(=O)C[C@H](NCc3cccc4ccccc34)C2=O)cc1. The van der Waals surface area contributed by atoms with Gasteiger partial charge in [-0.1, -0.05) is 42.5 Å². The third kappa shape index (κ3) is 3.29. The molecule has 1 fully saturated rings. The van der Waals surface area contributed by atoms with Crippen LogP contribution >= 0.6 is 0 Å². The van der Waals surface area contributed by atoms with Gasteiger partial charge in [-0.15, -0.1) is 0 Å². The lowest BCUT2D eigenvalue weighted by Crippen LogP contribution is -2.38. The Hall–Kier alpha value is -3.18. The van der Waals surface area contributed by atoms with E-state index in [9.17, 15) is 9.59 Å². The lowest BCUT2D eigenvalue weighted by Gasteiger charge is -2.16. The van der Waals surface area contributed by atoms with Gasteiger partial charge in [0.1, 0.15) is 5.75 Å². The van der Waals surface area contributed by atoms with Gasteiger partial charge < -0.3 is 10.1 Å². The first-order valence-electron chi connectivity index (χ1n) is 8.88. The van der Waals surface area contributed by atoms with Gasteiger partial charge in [0, 0.05) is 6.54 Å². The highest BCUT2D eigenvalue weighted by atomic mass is 16.5. The van der Waals surface area contributed by atoms with Crippen LogP contribution in [-0.4, -0.2) is 25.0 Å². The van der Waals surface area contributed by atoms with Crippen molar-refractivity contribution in [3.05, 3.63) is 72.3 Å². The van der Waals surface area contributed by atoms with E-state index in [4.69, 9.17) is 4.74 Å². The first-order chi connectivity index (χ1) is 13.2. The summed E-state index contributed by atoms with van der Waals surface area (Å²) in [7, 11) is 1.58. The van der Waals surface area contributed by atoms with Crippen molar-refractivity contribution in [2.45, 2.75) is 19.0 Å². The Balaban J connectivity index is 1.50. The molecule has 0 radical (unpaired) electrons. The van der Waals surface area contributed by atoms with Crippen molar-refractivity contribution in [1.29, 1.82) is 0 Å². The number of carbonyl (C=O) groups excluding carboxylic acids is 2. The van der Waals surface area contributed by atoms with E-state index in [2.05, 4.69) is 23.5 Å². The number of hydrogen-bond donors (Lipinski definition) is 1. The molecule has 3 aromatic rings. The highest BCUT2D eigenvalue weighted by molar-refractivity contribution is 6.22. The van der Waals surface area contributed by atoms with E-state index in [1.807, 2.05) is 24.3 Å². The van der Waals surface area contributed by atoms with Crippen LogP contribution in [0.4, 0.5) is 5.69 Å². The maximum absolute atomic E-state index is 12.8. The lowest BCUT2D eigenvalue weighted by atomic mass is 10.0. The van der Waals surface area contributed by atoms with E-state index < -0.39 is 6.04 Å². The molecule has 1 aliphatic rings. The number of anilines is 1. The van der Waals surface area contributed by atoms with Gasteiger partial charge in [-0.05, 0) is 40.6 Å². The number of amides is 2. The normalized spacial score (nSPS) is 16.9. The van der Waals surface area contributed by atoms with Gasteiger partial charge in [0.25, 0.3) is 5.91 Å².